The van der Waals surface area contributed by atoms with E-state index in [4.69, 9.17) is 4.42 Å². The van der Waals surface area contributed by atoms with Crippen molar-refractivity contribution in [3.05, 3.63) is 53.2 Å². The van der Waals surface area contributed by atoms with Crippen molar-refractivity contribution < 1.29 is 12.8 Å². The minimum absolute atomic E-state index is 0.354. The van der Waals surface area contributed by atoms with Gasteiger partial charge in [0.1, 0.15) is 0 Å². The van der Waals surface area contributed by atoms with E-state index in [1.165, 1.54) is 0 Å². The first kappa shape index (κ1) is 20.2. The number of piperazine rings is 1. The second-order valence-corrected chi connectivity index (χ2v) is 10.3. The molecular weight excluding hydrogens is 408 g/mol. The lowest BCUT2D eigenvalue weighted by atomic mass is 10.0. The molecule has 0 bridgehead atoms. The van der Waals surface area contributed by atoms with Crippen molar-refractivity contribution in [1.29, 1.82) is 0 Å². The van der Waals surface area contributed by atoms with Gasteiger partial charge in [-0.3, -0.25) is 4.90 Å². The van der Waals surface area contributed by atoms with E-state index < -0.39 is 10.0 Å². The first-order chi connectivity index (χ1) is 13.9. The van der Waals surface area contributed by atoms with Crippen molar-refractivity contribution in [3.63, 3.8) is 0 Å². The van der Waals surface area contributed by atoms with Crippen LogP contribution in [0.2, 0.25) is 0 Å². The van der Waals surface area contributed by atoms with Gasteiger partial charge in [-0.15, -0.1) is 21.5 Å². The maximum atomic E-state index is 12.9. The van der Waals surface area contributed by atoms with Crippen molar-refractivity contribution in [2.75, 3.05) is 26.2 Å². The van der Waals surface area contributed by atoms with Gasteiger partial charge >= 0.3 is 0 Å². The fourth-order valence-corrected chi connectivity index (χ4v) is 5.38. The molecule has 1 aliphatic rings. The molecule has 1 fully saturated rings. The third kappa shape index (κ3) is 4.42. The number of rotatable bonds is 6. The topological polar surface area (TPSA) is 79.5 Å². The Morgan fingerprint density at radius 1 is 1.07 bits per heavy atom. The van der Waals surface area contributed by atoms with Gasteiger partial charge in [-0.2, -0.15) is 4.31 Å². The standard InChI is InChI=1S/C20H24N4O3S2/c1-15(2)16-5-7-17(8-6-16)29(25,26)24-11-9-23(10-12-24)14-19-21-22-20(27-19)18-4-3-13-28-18/h3-8,13,15H,9-12,14H2,1-2H3. The van der Waals surface area contributed by atoms with E-state index in [1.807, 2.05) is 29.6 Å². The number of hydrogen-bond acceptors (Lipinski definition) is 7. The Morgan fingerprint density at radius 3 is 2.41 bits per heavy atom. The molecule has 0 aliphatic carbocycles. The van der Waals surface area contributed by atoms with Crippen LogP contribution in [0.15, 0.2) is 51.1 Å². The third-order valence-electron chi connectivity index (χ3n) is 5.07. The Hall–Kier alpha value is -2.07. The predicted octanol–water partition coefficient (Wildman–Crippen LogP) is 3.43. The van der Waals surface area contributed by atoms with Gasteiger partial charge in [-0.05, 0) is 35.1 Å². The summed E-state index contributed by atoms with van der Waals surface area (Å²) in [6, 6.07) is 11.1. The highest BCUT2D eigenvalue weighted by atomic mass is 32.2. The Bertz CT molecular complexity index is 1040. The lowest BCUT2D eigenvalue weighted by molar-refractivity contribution is 0.168. The number of thiophene rings is 1. The molecule has 0 saturated carbocycles. The van der Waals surface area contributed by atoms with Crippen LogP contribution >= 0.6 is 11.3 Å². The van der Waals surface area contributed by atoms with Gasteiger partial charge in [-0.1, -0.05) is 32.0 Å². The van der Waals surface area contributed by atoms with E-state index in [1.54, 1.807) is 27.8 Å². The van der Waals surface area contributed by atoms with Crippen LogP contribution in [0.3, 0.4) is 0 Å². The van der Waals surface area contributed by atoms with Crippen LogP contribution in [0.5, 0.6) is 0 Å². The van der Waals surface area contributed by atoms with Gasteiger partial charge in [0.15, 0.2) is 0 Å². The summed E-state index contributed by atoms with van der Waals surface area (Å²) in [6.07, 6.45) is 0. The van der Waals surface area contributed by atoms with Crippen LogP contribution in [0, 0.1) is 0 Å². The summed E-state index contributed by atoms with van der Waals surface area (Å²) in [4.78, 5) is 3.44. The summed E-state index contributed by atoms with van der Waals surface area (Å²) < 4.78 is 33.2. The number of nitrogens with zero attached hydrogens (tertiary/aromatic N) is 4. The Balaban J connectivity index is 1.36. The summed E-state index contributed by atoms with van der Waals surface area (Å²) in [5.41, 5.74) is 1.13. The van der Waals surface area contributed by atoms with Gasteiger partial charge in [0.25, 0.3) is 5.89 Å². The van der Waals surface area contributed by atoms with E-state index in [0.717, 1.165) is 10.4 Å². The molecule has 1 aliphatic heterocycles. The SMILES string of the molecule is CC(C)c1ccc(S(=O)(=O)N2CCN(Cc3nnc(-c4cccs4)o3)CC2)cc1. The normalized spacial score (nSPS) is 16.5. The van der Waals surface area contributed by atoms with Crippen molar-refractivity contribution >= 4 is 21.4 Å². The van der Waals surface area contributed by atoms with Crippen molar-refractivity contribution in [1.82, 2.24) is 19.4 Å². The van der Waals surface area contributed by atoms with Crippen LogP contribution in [-0.2, 0) is 16.6 Å². The number of sulfonamides is 1. The molecule has 4 rings (SSSR count). The molecule has 1 saturated heterocycles. The van der Waals surface area contributed by atoms with E-state index in [-0.39, 0.29) is 0 Å². The lowest BCUT2D eigenvalue weighted by Crippen LogP contribution is -2.48. The van der Waals surface area contributed by atoms with E-state index >= 15 is 0 Å². The molecule has 0 spiro atoms. The molecule has 0 N–H and O–H groups in total. The average molecular weight is 433 g/mol. The summed E-state index contributed by atoms with van der Waals surface area (Å²) in [5.74, 6) is 1.45. The van der Waals surface area contributed by atoms with Crippen LogP contribution in [0.4, 0.5) is 0 Å². The molecule has 2 aromatic heterocycles. The van der Waals surface area contributed by atoms with Crippen molar-refractivity contribution in [2.24, 2.45) is 0 Å². The fraction of sp³-hybridized carbons (Fsp3) is 0.400. The van der Waals surface area contributed by atoms with Crippen LogP contribution < -0.4 is 0 Å². The first-order valence-electron chi connectivity index (χ1n) is 9.62. The zero-order valence-corrected chi connectivity index (χ0v) is 18.1. The molecule has 0 atom stereocenters. The van der Waals surface area contributed by atoms with Crippen molar-refractivity contribution in [2.45, 2.75) is 31.2 Å². The van der Waals surface area contributed by atoms with Crippen LogP contribution in [0.1, 0.15) is 31.2 Å². The first-order valence-corrected chi connectivity index (χ1v) is 11.9. The lowest BCUT2D eigenvalue weighted by Gasteiger charge is -2.33. The van der Waals surface area contributed by atoms with Gasteiger partial charge in [0.2, 0.25) is 15.9 Å². The van der Waals surface area contributed by atoms with Gasteiger partial charge in [-0.25, -0.2) is 8.42 Å². The highest BCUT2D eigenvalue weighted by Gasteiger charge is 2.29. The average Bonchev–Trinajstić information content (AvgIpc) is 3.40. The smallest absolute Gasteiger partial charge is 0.257 e. The Labute approximate surface area is 175 Å². The number of aromatic nitrogens is 2. The molecule has 3 aromatic rings. The minimum Gasteiger partial charge on any atom is -0.419 e. The maximum absolute atomic E-state index is 12.9. The zero-order chi connectivity index (χ0) is 20.4. The fourth-order valence-electron chi connectivity index (χ4n) is 3.31. The van der Waals surface area contributed by atoms with Crippen molar-refractivity contribution in [3.8, 4) is 10.8 Å². The molecular formula is C20H24N4O3S2. The highest BCUT2D eigenvalue weighted by molar-refractivity contribution is 7.89. The Morgan fingerprint density at radius 2 is 1.79 bits per heavy atom. The Kier molecular flexibility index (Phi) is 5.82. The summed E-state index contributed by atoms with van der Waals surface area (Å²) in [5, 5.41) is 10.2. The minimum atomic E-state index is -3.47. The van der Waals surface area contributed by atoms with E-state index in [9.17, 15) is 8.42 Å². The quantitative estimate of drug-likeness (QED) is 0.594. The molecule has 1 aromatic carbocycles. The molecule has 7 nitrogen and oxygen atoms in total. The molecule has 29 heavy (non-hydrogen) atoms. The number of hydrogen-bond donors (Lipinski definition) is 0. The third-order valence-corrected chi connectivity index (χ3v) is 7.84. The largest absolute Gasteiger partial charge is 0.419 e. The summed E-state index contributed by atoms with van der Waals surface area (Å²) in [7, 11) is -3.47. The molecule has 0 radical (unpaired) electrons. The summed E-state index contributed by atoms with van der Waals surface area (Å²) in [6.45, 7) is 6.85. The van der Waals surface area contributed by atoms with Gasteiger partial charge < -0.3 is 4.42 Å². The highest BCUT2D eigenvalue weighted by Crippen LogP contribution is 2.24. The van der Waals surface area contributed by atoms with Crippen LogP contribution in [-0.4, -0.2) is 54.0 Å². The van der Waals surface area contributed by atoms with E-state index in [0.29, 0.717) is 55.3 Å². The molecule has 0 unspecified atom stereocenters. The molecule has 9 heteroatoms. The van der Waals surface area contributed by atoms with Crippen LogP contribution in [0.25, 0.3) is 10.8 Å². The zero-order valence-electron chi connectivity index (χ0n) is 16.5. The predicted molar refractivity (Wildman–Crippen MR) is 112 cm³/mol. The second kappa shape index (κ2) is 8.35. The van der Waals surface area contributed by atoms with Gasteiger partial charge in [0, 0.05) is 26.2 Å². The number of benzene rings is 1. The summed E-state index contributed by atoms with van der Waals surface area (Å²) >= 11 is 1.56. The maximum Gasteiger partial charge on any atom is 0.257 e. The molecule has 0 amide bonds. The molecule has 3 heterocycles. The van der Waals surface area contributed by atoms with Gasteiger partial charge in [0.05, 0.1) is 16.3 Å². The second-order valence-electron chi connectivity index (χ2n) is 7.38. The molecule has 154 valence electrons. The van der Waals surface area contributed by atoms with E-state index in [2.05, 4.69) is 28.9 Å². The monoisotopic (exact) mass is 432 g/mol.